The number of aromatic hydroxyl groups is 1. The molecule has 1 aliphatic heterocycles. The first-order chi connectivity index (χ1) is 14.0. The number of nitrogens with zero attached hydrogens (tertiary/aromatic N) is 1. The van der Waals surface area contributed by atoms with Crippen LogP contribution in [-0.4, -0.2) is 49.3 Å². The van der Waals surface area contributed by atoms with Gasteiger partial charge in [-0.15, -0.1) is 0 Å². The fourth-order valence-electron chi connectivity index (χ4n) is 4.00. The maximum Gasteiger partial charge on any atom is 0.166 e. The van der Waals surface area contributed by atoms with Crippen molar-refractivity contribution in [3.8, 4) is 16.9 Å². The van der Waals surface area contributed by atoms with Crippen LogP contribution in [-0.2, 0) is 11.3 Å². The van der Waals surface area contributed by atoms with E-state index in [0.717, 1.165) is 49.9 Å². The van der Waals surface area contributed by atoms with Crippen molar-refractivity contribution >= 4 is 12.1 Å². The van der Waals surface area contributed by atoms with E-state index < -0.39 is 0 Å². The van der Waals surface area contributed by atoms with Crippen LogP contribution in [0.4, 0.5) is 0 Å². The number of ether oxygens (including phenoxy) is 1. The highest BCUT2D eigenvalue weighted by atomic mass is 16.5. The average molecular weight is 395 g/mol. The highest BCUT2D eigenvalue weighted by Gasteiger charge is 2.22. The molecule has 5 heteroatoms. The van der Waals surface area contributed by atoms with Crippen molar-refractivity contribution in [1.29, 1.82) is 0 Å². The smallest absolute Gasteiger partial charge is 0.166 e. The van der Waals surface area contributed by atoms with E-state index in [4.69, 9.17) is 4.74 Å². The Hall–Kier alpha value is -2.50. The molecular weight excluding hydrogens is 366 g/mol. The lowest BCUT2D eigenvalue weighted by Crippen LogP contribution is -2.28. The monoisotopic (exact) mass is 395 g/mol. The molecule has 1 atom stereocenters. The van der Waals surface area contributed by atoms with E-state index in [1.165, 1.54) is 0 Å². The van der Waals surface area contributed by atoms with Crippen molar-refractivity contribution in [1.82, 2.24) is 4.90 Å². The molecule has 0 spiro atoms. The van der Waals surface area contributed by atoms with Crippen LogP contribution in [0.25, 0.3) is 11.1 Å². The normalized spacial score (nSPS) is 18.1. The minimum Gasteiger partial charge on any atom is -0.507 e. The number of Topliss-reactive ketones (excluding diaryl/α,β-unsaturated/α-hetero) is 1. The van der Waals surface area contributed by atoms with Crippen LogP contribution in [0.3, 0.4) is 0 Å². The predicted octanol–water partition coefficient (Wildman–Crippen LogP) is 4.32. The van der Waals surface area contributed by atoms with E-state index in [1.807, 2.05) is 24.3 Å². The Kier molecular flexibility index (Phi) is 7.18. The van der Waals surface area contributed by atoms with Crippen molar-refractivity contribution in [3.05, 3.63) is 53.1 Å². The fourth-order valence-corrected chi connectivity index (χ4v) is 4.00. The van der Waals surface area contributed by atoms with E-state index in [1.54, 1.807) is 19.2 Å². The zero-order valence-corrected chi connectivity index (χ0v) is 17.2. The van der Waals surface area contributed by atoms with Crippen molar-refractivity contribution in [3.63, 3.8) is 0 Å². The standard InChI is InChI=1S/C24H29NO4/c1-25-10-4-3-6-17(9-11-25)23(27)19-8-5-7-18(12-19)20-13-21(15-26)24(28)22(14-20)16-29-2/h5,7-8,12-15,17,28H,3-4,6,9-11,16H2,1-2H3. The maximum atomic E-state index is 13.2. The van der Waals surface area contributed by atoms with E-state index in [2.05, 4.69) is 11.9 Å². The van der Waals surface area contributed by atoms with Crippen LogP contribution in [0.5, 0.6) is 5.75 Å². The van der Waals surface area contributed by atoms with Crippen molar-refractivity contribution < 1.29 is 19.4 Å². The molecule has 2 aromatic carbocycles. The number of hydrogen-bond acceptors (Lipinski definition) is 5. The van der Waals surface area contributed by atoms with E-state index >= 15 is 0 Å². The number of benzene rings is 2. The van der Waals surface area contributed by atoms with Gasteiger partial charge in [0, 0.05) is 24.2 Å². The summed E-state index contributed by atoms with van der Waals surface area (Å²) in [6.07, 6.45) is 4.65. The molecule has 3 rings (SSSR count). The van der Waals surface area contributed by atoms with Gasteiger partial charge in [0.2, 0.25) is 0 Å². The third-order valence-corrected chi connectivity index (χ3v) is 5.70. The van der Waals surface area contributed by atoms with Crippen LogP contribution in [0.2, 0.25) is 0 Å². The maximum absolute atomic E-state index is 13.2. The van der Waals surface area contributed by atoms with Gasteiger partial charge in [-0.1, -0.05) is 24.6 Å². The predicted molar refractivity (Wildman–Crippen MR) is 113 cm³/mol. The van der Waals surface area contributed by atoms with E-state index in [9.17, 15) is 14.7 Å². The number of phenolic OH excluding ortho intramolecular Hbond substituents is 1. The summed E-state index contributed by atoms with van der Waals surface area (Å²) in [4.78, 5) is 26.8. The number of likely N-dealkylation sites (tertiary alicyclic amines) is 1. The molecule has 1 N–H and O–H groups in total. The third-order valence-electron chi connectivity index (χ3n) is 5.70. The molecule has 1 heterocycles. The topological polar surface area (TPSA) is 66.8 Å². The molecule has 0 amide bonds. The summed E-state index contributed by atoms with van der Waals surface area (Å²) < 4.78 is 5.14. The molecule has 1 unspecified atom stereocenters. The summed E-state index contributed by atoms with van der Waals surface area (Å²) in [7, 11) is 3.65. The highest BCUT2D eigenvalue weighted by molar-refractivity contribution is 5.99. The summed E-state index contributed by atoms with van der Waals surface area (Å²) in [6, 6.07) is 11.0. The van der Waals surface area contributed by atoms with Crippen LogP contribution in [0.1, 0.15) is 52.0 Å². The van der Waals surface area contributed by atoms with Gasteiger partial charge in [-0.2, -0.15) is 0 Å². The fraction of sp³-hybridized carbons (Fsp3) is 0.417. The van der Waals surface area contributed by atoms with Crippen LogP contribution in [0.15, 0.2) is 36.4 Å². The number of methoxy groups -OCH3 is 1. The van der Waals surface area contributed by atoms with Crippen molar-refractivity contribution in [2.45, 2.75) is 32.3 Å². The van der Waals surface area contributed by atoms with Gasteiger partial charge in [0.15, 0.2) is 12.1 Å². The molecular formula is C24H29NO4. The van der Waals surface area contributed by atoms with E-state index in [-0.39, 0.29) is 29.6 Å². The van der Waals surface area contributed by atoms with Crippen LogP contribution < -0.4 is 0 Å². The molecule has 0 aromatic heterocycles. The van der Waals surface area contributed by atoms with Crippen molar-refractivity contribution in [2.24, 2.45) is 5.92 Å². The number of aldehydes is 1. The van der Waals surface area contributed by atoms with Crippen molar-refractivity contribution in [2.75, 3.05) is 27.2 Å². The molecule has 0 saturated carbocycles. The molecule has 1 fully saturated rings. The van der Waals surface area contributed by atoms with Gasteiger partial charge in [-0.05, 0) is 68.7 Å². The molecule has 29 heavy (non-hydrogen) atoms. The molecule has 0 bridgehead atoms. The van der Waals surface area contributed by atoms with Gasteiger partial charge in [0.1, 0.15) is 5.75 Å². The number of carbonyl (C=O) groups is 2. The minimum absolute atomic E-state index is 0.0439. The quantitative estimate of drug-likeness (QED) is 0.583. The van der Waals surface area contributed by atoms with Crippen LogP contribution in [0, 0.1) is 5.92 Å². The highest BCUT2D eigenvalue weighted by Crippen LogP contribution is 2.31. The summed E-state index contributed by atoms with van der Waals surface area (Å²) in [5.74, 6) is 0.174. The van der Waals surface area contributed by atoms with Gasteiger partial charge in [-0.25, -0.2) is 0 Å². The number of carbonyl (C=O) groups excluding carboxylic acids is 2. The second-order valence-corrected chi connectivity index (χ2v) is 7.85. The van der Waals surface area contributed by atoms with Gasteiger partial charge >= 0.3 is 0 Å². The molecule has 0 radical (unpaired) electrons. The first kappa shape index (κ1) is 21.2. The Bertz CT molecular complexity index is 877. The van der Waals surface area contributed by atoms with Crippen LogP contribution >= 0.6 is 0 Å². The number of rotatable bonds is 6. The van der Waals surface area contributed by atoms with Gasteiger partial charge in [0.25, 0.3) is 0 Å². The molecule has 5 nitrogen and oxygen atoms in total. The Labute approximate surface area is 172 Å². The Morgan fingerprint density at radius 2 is 2.00 bits per heavy atom. The summed E-state index contributed by atoms with van der Waals surface area (Å²) in [5, 5.41) is 10.2. The largest absolute Gasteiger partial charge is 0.507 e. The zero-order chi connectivity index (χ0) is 20.8. The average Bonchev–Trinajstić information content (AvgIpc) is 2.72. The lowest BCUT2D eigenvalue weighted by atomic mass is 9.87. The number of ketones is 1. The lowest BCUT2D eigenvalue weighted by Gasteiger charge is -2.24. The Balaban J connectivity index is 1.90. The Morgan fingerprint density at radius 3 is 2.76 bits per heavy atom. The summed E-state index contributed by atoms with van der Waals surface area (Å²) >= 11 is 0. The lowest BCUT2D eigenvalue weighted by molar-refractivity contribution is 0.0886. The summed E-state index contributed by atoms with van der Waals surface area (Å²) in [5.41, 5.74) is 3.09. The van der Waals surface area contributed by atoms with Gasteiger partial charge in [0.05, 0.1) is 12.2 Å². The zero-order valence-electron chi connectivity index (χ0n) is 17.2. The summed E-state index contributed by atoms with van der Waals surface area (Å²) in [6.45, 7) is 2.24. The van der Waals surface area contributed by atoms with Gasteiger partial charge in [-0.3, -0.25) is 9.59 Å². The number of hydrogen-bond donors (Lipinski definition) is 1. The minimum atomic E-state index is -0.0588. The first-order valence-corrected chi connectivity index (χ1v) is 10.2. The number of phenols is 1. The SMILES string of the molecule is COCc1cc(-c2cccc(C(=O)C3CCCCN(C)CC3)c2)cc(C=O)c1O. The first-order valence-electron chi connectivity index (χ1n) is 10.2. The second kappa shape index (κ2) is 9.81. The Morgan fingerprint density at radius 1 is 1.17 bits per heavy atom. The molecule has 2 aromatic rings. The van der Waals surface area contributed by atoms with E-state index in [0.29, 0.717) is 17.4 Å². The molecule has 1 saturated heterocycles. The molecule has 154 valence electrons. The molecule has 1 aliphatic rings. The molecule has 0 aliphatic carbocycles. The third kappa shape index (κ3) is 5.11. The second-order valence-electron chi connectivity index (χ2n) is 7.85. The van der Waals surface area contributed by atoms with Gasteiger partial charge < -0.3 is 14.7 Å².